The summed E-state index contributed by atoms with van der Waals surface area (Å²) in [4.78, 5) is 13.3. The van der Waals surface area contributed by atoms with Crippen LogP contribution >= 0.6 is 12.4 Å². The number of rotatable bonds is 6. The summed E-state index contributed by atoms with van der Waals surface area (Å²) in [7, 11) is -1.90. The number of ketones is 1. The van der Waals surface area contributed by atoms with Gasteiger partial charge in [-0.3, -0.25) is 9.11 Å². The SMILES string of the molecule is CCC(=O)C(N)C(N)c1ccc2n1B(F)N1C(=C2)C(c2ccccc2)=CC1(F)c1ccccc1.Cl. The van der Waals surface area contributed by atoms with Gasteiger partial charge >= 0.3 is 7.26 Å². The van der Waals surface area contributed by atoms with E-state index in [1.807, 2.05) is 30.3 Å². The van der Waals surface area contributed by atoms with Gasteiger partial charge in [0.25, 0.3) is 0 Å². The number of nitrogens with two attached hydrogens (primary N) is 2. The van der Waals surface area contributed by atoms with Crippen LogP contribution < -0.4 is 11.5 Å². The molecule has 5 nitrogen and oxygen atoms in total. The summed E-state index contributed by atoms with van der Waals surface area (Å²) in [6.07, 6.45) is 3.45. The quantitative estimate of drug-likeness (QED) is 0.388. The molecule has 180 valence electrons. The molecule has 0 fully saturated rings. The fourth-order valence-electron chi connectivity index (χ4n) is 4.79. The van der Waals surface area contributed by atoms with Gasteiger partial charge < -0.3 is 20.8 Å². The second-order valence-electron chi connectivity index (χ2n) is 8.60. The van der Waals surface area contributed by atoms with Gasteiger partial charge in [0, 0.05) is 34.6 Å². The molecular formula is C26H26BClF2N4O. The average Bonchev–Trinajstić information content (AvgIpc) is 3.44. The van der Waals surface area contributed by atoms with E-state index in [9.17, 15) is 4.79 Å². The molecule has 3 heterocycles. The number of aromatic nitrogens is 1. The van der Waals surface area contributed by atoms with Crippen molar-refractivity contribution in [3.05, 3.63) is 107 Å². The van der Waals surface area contributed by atoms with Crippen molar-refractivity contribution in [3.63, 3.8) is 0 Å². The van der Waals surface area contributed by atoms with Gasteiger partial charge in [-0.05, 0) is 29.8 Å². The van der Waals surface area contributed by atoms with Crippen molar-refractivity contribution >= 4 is 37.1 Å². The van der Waals surface area contributed by atoms with Crippen LogP contribution in [-0.2, 0) is 10.6 Å². The summed E-state index contributed by atoms with van der Waals surface area (Å²) in [5.74, 6) is -2.45. The second kappa shape index (κ2) is 9.45. The number of benzene rings is 2. The molecule has 3 unspecified atom stereocenters. The minimum Gasteiger partial charge on any atom is -0.338 e. The summed E-state index contributed by atoms with van der Waals surface area (Å²) in [6.45, 7) is 1.70. The Bertz CT molecular complexity index is 1300. The maximum atomic E-state index is 16.9. The molecule has 5 rings (SSSR count). The van der Waals surface area contributed by atoms with Crippen molar-refractivity contribution in [3.8, 4) is 0 Å². The van der Waals surface area contributed by atoms with Crippen LogP contribution in [0.15, 0.2) is 84.6 Å². The smallest absolute Gasteiger partial charge is 0.338 e. The Labute approximate surface area is 209 Å². The Balaban J connectivity index is 0.00000289. The topological polar surface area (TPSA) is 77.3 Å². The highest BCUT2D eigenvalue weighted by molar-refractivity contribution is 6.49. The zero-order valence-electron chi connectivity index (χ0n) is 19.1. The number of Topliss-reactive ketones (excluding diaryl/α,β-unsaturated/α-hetero) is 1. The number of fused-ring (bicyclic) bond motifs is 2. The number of carbonyl (C=O) groups excluding carboxylic acids is 1. The Morgan fingerprint density at radius 3 is 2.29 bits per heavy atom. The predicted octanol–water partition coefficient (Wildman–Crippen LogP) is 4.59. The number of alkyl halides is 1. The molecule has 3 atom stereocenters. The molecule has 0 spiro atoms. The zero-order valence-corrected chi connectivity index (χ0v) is 20.0. The van der Waals surface area contributed by atoms with Crippen molar-refractivity contribution in [2.75, 3.05) is 0 Å². The Morgan fingerprint density at radius 2 is 1.66 bits per heavy atom. The first-order valence-electron chi connectivity index (χ1n) is 11.3. The van der Waals surface area contributed by atoms with Crippen molar-refractivity contribution in [2.45, 2.75) is 31.2 Å². The summed E-state index contributed by atoms with van der Waals surface area (Å²) < 4.78 is 34.6. The predicted molar refractivity (Wildman–Crippen MR) is 138 cm³/mol. The number of carbonyl (C=O) groups is 1. The summed E-state index contributed by atoms with van der Waals surface area (Å²) in [5, 5.41) is 0. The number of hydrogen-bond donors (Lipinski definition) is 2. The number of hydrogen-bond acceptors (Lipinski definition) is 4. The molecule has 2 aliphatic rings. The minimum atomic E-state index is -2.23. The first-order valence-corrected chi connectivity index (χ1v) is 11.3. The third-order valence-electron chi connectivity index (χ3n) is 6.63. The highest BCUT2D eigenvalue weighted by atomic mass is 35.5. The molecule has 1 aromatic heterocycles. The van der Waals surface area contributed by atoms with Gasteiger partial charge in [-0.15, -0.1) is 12.4 Å². The Kier molecular flexibility index (Phi) is 6.73. The third-order valence-corrected chi connectivity index (χ3v) is 6.63. The van der Waals surface area contributed by atoms with Crippen LogP contribution in [-0.4, -0.2) is 28.4 Å². The molecule has 0 aliphatic carbocycles. The maximum absolute atomic E-state index is 16.9. The summed E-state index contributed by atoms with van der Waals surface area (Å²) in [6, 6.07) is 19.3. The molecule has 3 aromatic rings. The molecule has 2 aromatic carbocycles. The number of halogens is 3. The Hall–Kier alpha value is -3.20. The van der Waals surface area contributed by atoms with Crippen LogP contribution in [0.4, 0.5) is 8.71 Å². The van der Waals surface area contributed by atoms with E-state index in [0.717, 1.165) is 10.4 Å². The van der Waals surface area contributed by atoms with Gasteiger partial charge in [0.15, 0.2) is 5.78 Å². The van der Waals surface area contributed by atoms with Gasteiger partial charge in [0.2, 0.25) is 5.79 Å². The largest absolute Gasteiger partial charge is 0.595 e. The number of allylic oxidation sites excluding steroid dienone is 1. The fraction of sp³-hybridized carbons (Fsp3) is 0.192. The molecule has 0 saturated carbocycles. The normalized spacial score (nSPS) is 20.3. The second-order valence-corrected chi connectivity index (χ2v) is 8.60. The van der Waals surface area contributed by atoms with E-state index in [1.54, 1.807) is 55.5 Å². The maximum Gasteiger partial charge on any atom is 0.595 e. The van der Waals surface area contributed by atoms with Crippen molar-refractivity contribution < 1.29 is 13.5 Å². The van der Waals surface area contributed by atoms with Crippen molar-refractivity contribution in [1.29, 1.82) is 0 Å². The van der Waals surface area contributed by atoms with E-state index in [2.05, 4.69) is 0 Å². The van der Waals surface area contributed by atoms with E-state index >= 15 is 8.71 Å². The van der Waals surface area contributed by atoms with Crippen LogP contribution in [0.1, 0.15) is 41.9 Å². The van der Waals surface area contributed by atoms with Crippen LogP contribution in [0.2, 0.25) is 0 Å². The van der Waals surface area contributed by atoms with E-state index < -0.39 is 25.1 Å². The van der Waals surface area contributed by atoms with Crippen LogP contribution in [0.25, 0.3) is 11.6 Å². The molecule has 0 bridgehead atoms. The number of nitrogens with zero attached hydrogens (tertiary/aromatic N) is 2. The van der Waals surface area contributed by atoms with Gasteiger partial charge in [0.05, 0.1) is 12.1 Å². The van der Waals surface area contributed by atoms with Gasteiger partial charge in [-0.2, -0.15) is 0 Å². The molecular weight excluding hydrogens is 469 g/mol. The van der Waals surface area contributed by atoms with E-state index in [4.69, 9.17) is 11.5 Å². The van der Waals surface area contributed by atoms with Crippen LogP contribution in [0, 0.1) is 0 Å². The molecule has 9 heteroatoms. The zero-order chi connectivity index (χ0) is 24.0. The van der Waals surface area contributed by atoms with Gasteiger partial charge in [0.1, 0.15) is 0 Å². The van der Waals surface area contributed by atoms with E-state index in [-0.39, 0.29) is 24.6 Å². The molecule has 4 N–H and O–H groups in total. The Morgan fingerprint density at radius 1 is 1.03 bits per heavy atom. The fourth-order valence-corrected chi connectivity index (χ4v) is 4.79. The lowest BCUT2D eigenvalue weighted by molar-refractivity contribution is -0.120. The minimum absolute atomic E-state index is 0. The van der Waals surface area contributed by atoms with Gasteiger partial charge in [-0.1, -0.05) is 67.6 Å². The lowest BCUT2D eigenvalue weighted by Gasteiger charge is -2.38. The highest BCUT2D eigenvalue weighted by Gasteiger charge is 2.54. The van der Waals surface area contributed by atoms with E-state index in [0.29, 0.717) is 28.2 Å². The monoisotopic (exact) mass is 494 g/mol. The first kappa shape index (κ1) is 24.9. The lowest BCUT2D eigenvalue weighted by atomic mass is 9.88. The summed E-state index contributed by atoms with van der Waals surface area (Å²) >= 11 is 0. The van der Waals surface area contributed by atoms with Crippen LogP contribution in [0.3, 0.4) is 0 Å². The van der Waals surface area contributed by atoms with E-state index in [1.165, 1.54) is 10.6 Å². The van der Waals surface area contributed by atoms with Crippen LogP contribution in [0.5, 0.6) is 0 Å². The van der Waals surface area contributed by atoms with Crippen molar-refractivity contribution in [2.24, 2.45) is 11.5 Å². The van der Waals surface area contributed by atoms with Gasteiger partial charge in [-0.25, -0.2) is 4.39 Å². The molecule has 0 amide bonds. The third kappa shape index (κ3) is 3.91. The summed E-state index contributed by atoms with van der Waals surface area (Å²) in [5.41, 5.74) is 15.4. The average molecular weight is 495 g/mol. The molecule has 35 heavy (non-hydrogen) atoms. The highest BCUT2D eigenvalue weighted by Crippen LogP contribution is 2.50. The standard InChI is InChI=1S/C26H25BF2N4O.ClH/c1-2-23(34)25(31)24(30)21-14-13-19-15-22-20(17-9-5-3-6-10-17)16-26(28,18-11-7-4-8-12-18)33(22)27(29)32(19)21;/h3-16,24-25H,2,30-31H2,1H3;1H. The first-order chi connectivity index (χ1) is 16.4. The molecule has 2 aliphatic heterocycles. The molecule has 0 radical (unpaired) electrons. The molecule has 0 saturated heterocycles. The van der Waals surface area contributed by atoms with Crippen molar-refractivity contribution in [1.82, 2.24) is 9.29 Å². The lowest BCUT2D eigenvalue weighted by Crippen LogP contribution is -2.52.